The molecule has 158 valence electrons. The van der Waals surface area contributed by atoms with E-state index in [0.29, 0.717) is 29.3 Å². The third-order valence-electron chi connectivity index (χ3n) is 6.32. The second-order valence-electron chi connectivity index (χ2n) is 8.40. The Hall–Kier alpha value is -2.37. The molecule has 6 heteroatoms. The topological polar surface area (TPSA) is 61.4 Å². The van der Waals surface area contributed by atoms with Crippen molar-refractivity contribution in [2.75, 3.05) is 11.9 Å². The van der Waals surface area contributed by atoms with Gasteiger partial charge in [0.2, 0.25) is 5.91 Å². The predicted octanol–water partition coefficient (Wildman–Crippen LogP) is 4.40. The summed E-state index contributed by atoms with van der Waals surface area (Å²) in [6.45, 7) is 2.32. The van der Waals surface area contributed by atoms with Crippen molar-refractivity contribution in [3.05, 3.63) is 64.7 Å². The zero-order valence-corrected chi connectivity index (χ0v) is 18.0. The van der Waals surface area contributed by atoms with Crippen molar-refractivity contribution in [1.29, 1.82) is 0 Å². The molecule has 2 N–H and O–H groups in total. The zero-order valence-electron chi connectivity index (χ0n) is 17.2. The predicted molar refractivity (Wildman–Crippen MR) is 120 cm³/mol. The van der Waals surface area contributed by atoms with Gasteiger partial charge in [-0.25, -0.2) is 0 Å². The van der Waals surface area contributed by atoms with Crippen molar-refractivity contribution in [2.24, 2.45) is 0 Å². The van der Waals surface area contributed by atoms with Gasteiger partial charge < -0.3 is 10.6 Å². The molecule has 4 rings (SSSR count). The number of nitrogens with one attached hydrogen (secondary N) is 2. The molecule has 0 spiro atoms. The Morgan fingerprint density at radius 1 is 1.03 bits per heavy atom. The number of piperidine rings is 2. The molecule has 2 aliphatic heterocycles. The van der Waals surface area contributed by atoms with Crippen LogP contribution in [0, 0.1) is 6.92 Å². The van der Waals surface area contributed by atoms with Gasteiger partial charge in [-0.05, 0) is 56.4 Å². The summed E-state index contributed by atoms with van der Waals surface area (Å²) in [7, 11) is 0. The van der Waals surface area contributed by atoms with Crippen molar-refractivity contribution in [2.45, 2.75) is 57.2 Å². The van der Waals surface area contributed by atoms with E-state index in [9.17, 15) is 9.59 Å². The number of carbonyl (C=O) groups excluding carboxylic acids is 2. The maximum atomic E-state index is 12.7. The minimum atomic E-state index is -0.0394. The van der Waals surface area contributed by atoms with E-state index in [1.165, 1.54) is 6.42 Å². The van der Waals surface area contributed by atoms with Gasteiger partial charge in [0.15, 0.2) is 0 Å². The Bertz CT molecular complexity index is 918. The van der Waals surface area contributed by atoms with Gasteiger partial charge in [0.05, 0.1) is 17.3 Å². The highest BCUT2D eigenvalue weighted by molar-refractivity contribution is 6.33. The lowest BCUT2D eigenvalue weighted by Crippen LogP contribution is -2.58. The van der Waals surface area contributed by atoms with Crippen LogP contribution in [0.25, 0.3) is 0 Å². The summed E-state index contributed by atoms with van der Waals surface area (Å²) in [6.07, 6.45) is 5.07. The highest BCUT2D eigenvalue weighted by atomic mass is 35.5. The number of hydrogen-bond donors (Lipinski definition) is 2. The van der Waals surface area contributed by atoms with E-state index in [2.05, 4.69) is 15.5 Å². The van der Waals surface area contributed by atoms with Crippen molar-refractivity contribution < 1.29 is 9.59 Å². The average molecular weight is 426 g/mol. The molecule has 0 aliphatic carbocycles. The fraction of sp³-hybridized carbons (Fsp3) is 0.417. The van der Waals surface area contributed by atoms with Crippen molar-refractivity contribution >= 4 is 29.1 Å². The van der Waals surface area contributed by atoms with E-state index in [1.807, 2.05) is 49.4 Å². The highest BCUT2D eigenvalue weighted by Gasteiger charge is 2.39. The lowest BCUT2D eigenvalue weighted by molar-refractivity contribution is -0.120. The first-order valence-corrected chi connectivity index (χ1v) is 11.1. The number of anilines is 1. The highest BCUT2D eigenvalue weighted by Crippen LogP contribution is 2.34. The summed E-state index contributed by atoms with van der Waals surface area (Å²) in [6, 6.07) is 15.8. The van der Waals surface area contributed by atoms with Crippen molar-refractivity contribution in [1.82, 2.24) is 10.2 Å². The number of para-hydroxylation sites is 1. The molecule has 2 atom stereocenters. The van der Waals surface area contributed by atoms with Crippen LogP contribution in [0.3, 0.4) is 0 Å². The number of aryl methyl sites for hydroxylation is 1. The fourth-order valence-electron chi connectivity index (χ4n) is 4.86. The van der Waals surface area contributed by atoms with E-state index in [4.69, 9.17) is 11.6 Å². The molecule has 2 aromatic rings. The molecule has 0 saturated carbocycles. The van der Waals surface area contributed by atoms with E-state index < -0.39 is 0 Å². The number of amides is 2. The minimum Gasteiger partial charge on any atom is -0.349 e. The lowest BCUT2D eigenvalue weighted by Gasteiger charge is -2.48. The van der Waals surface area contributed by atoms with Gasteiger partial charge in [-0.15, -0.1) is 0 Å². The molecule has 2 aromatic carbocycles. The molecule has 2 unspecified atom stereocenters. The van der Waals surface area contributed by atoms with E-state index >= 15 is 0 Å². The Labute approximate surface area is 182 Å². The monoisotopic (exact) mass is 425 g/mol. The minimum absolute atomic E-state index is 0.00101. The molecule has 2 heterocycles. The molecule has 2 bridgehead atoms. The molecular formula is C24H28ClN3O2. The summed E-state index contributed by atoms with van der Waals surface area (Å²) < 4.78 is 0. The van der Waals surface area contributed by atoms with E-state index in [1.54, 1.807) is 6.07 Å². The molecule has 30 heavy (non-hydrogen) atoms. The van der Waals surface area contributed by atoms with Gasteiger partial charge in [0.25, 0.3) is 5.91 Å². The molecule has 2 amide bonds. The standard InChI is InChI=1S/C24H28ClN3O2/c1-16-7-2-3-10-20(16)24(30)26-17-13-18-8-6-9-19(14-17)28(18)15-23(29)27-22-12-5-4-11-21(22)25/h2-5,7,10-12,17-19H,6,8-9,13-15H2,1H3,(H,26,30)(H,27,29). The maximum absolute atomic E-state index is 12.7. The molecule has 0 radical (unpaired) electrons. The van der Waals surface area contributed by atoms with Gasteiger partial charge >= 0.3 is 0 Å². The van der Waals surface area contributed by atoms with Gasteiger partial charge in [0, 0.05) is 23.7 Å². The van der Waals surface area contributed by atoms with Crippen LogP contribution in [0.4, 0.5) is 5.69 Å². The normalized spacial score (nSPS) is 23.6. The smallest absolute Gasteiger partial charge is 0.251 e. The largest absolute Gasteiger partial charge is 0.349 e. The maximum Gasteiger partial charge on any atom is 0.251 e. The van der Waals surface area contributed by atoms with Crippen LogP contribution in [0.15, 0.2) is 48.5 Å². The van der Waals surface area contributed by atoms with Crippen molar-refractivity contribution in [3.63, 3.8) is 0 Å². The summed E-state index contributed by atoms with van der Waals surface area (Å²) >= 11 is 6.17. The number of benzene rings is 2. The number of carbonyl (C=O) groups is 2. The Morgan fingerprint density at radius 3 is 2.40 bits per heavy atom. The zero-order chi connectivity index (χ0) is 21.1. The third kappa shape index (κ3) is 4.68. The number of hydrogen-bond acceptors (Lipinski definition) is 3. The van der Waals surface area contributed by atoms with Crippen LogP contribution in [0.2, 0.25) is 5.02 Å². The second kappa shape index (κ2) is 9.19. The van der Waals surface area contributed by atoms with Gasteiger partial charge in [-0.1, -0.05) is 48.4 Å². The first kappa shape index (κ1) is 20.9. The number of nitrogens with zero attached hydrogens (tertiary/aromatic N) is 1. The Kier molecular flexibility index (Phi) is 6.40. The van der Waals surface area contributed by atoms with Crippen molar-refractivity contribution in [3.8, 4) is 0 Å². The van der Waals surface area contributed by atoms with Crippen LogP contribution in [0.5, 0.6) is 0 Å². The number of fused-ring (bicyclic) bond motifs is 2. The number of halogens is 1. The molecule has 2 fully saturated rings. The summed E-state index contributed by atoms with van der Waals surface area (Å²) in [5, 5.41) is 6.72. The summed E-state index contributed by atoms with van der Waals surface area (Å²) in [4.78, 5) is 27.7. The number of rotatable bonds is 5. The van der Waals surface area contributed by atoms with Gasteiger partial charge in [-0.3, -0.25) is 14.5 Å². The van der Waals surface area contributed by atoms with E-state index in [0.717, 1.165) is 36.8 Å². The van der Waals surface area contributed by atoms with Crippen LogP contribution < -0.4 is 10.6 Å². The summed E-state index contributed by atoms with van der Waals surface area (Å²) in [5.41, 5.74) is 2.38. The molecule has 2 aliphatic rings. The lowest BCUT2D eigenvalue weighted by atomic mass is 9.81. The molecule has 5 nitrogen and oxygen atoms in total. The Morgan fingerprint density at radius 2 is 1.70 bits per heavy atom. The first-order valence-electron chi connectivity index (χ1n) is 10.7. The quantitative estimate of drug-likeness (QED) is 0.746. The molecule has 2 saturated heterocycles. The average Bonchev–Trinajstić information content (AvgIpc) is 2.70. The van der Waals surface area contributed by atoms with Crippen LogP contribution in [-0.4, -0.2) is 41.4 Å². The van der Waals surface area contributed by atoms with Gasteiger partial charge in [-0.2, -0.15) is 0 Å². The van der Waals surface area contributed by atoms with Gasteiger partial charge in [0.1, 0.15) is 0 Å². The molecule has 0 aromatic heterocycles. The van der Waals surface area contributed by atoms with Crippen LogP contribution in [-0.2, 0) is 4.79 Å². The second-order valence-corrected chi connectivity index (χ2v) is 8.80. The van der Waals surface area contributed by atoms with Crippen LogP contribution in [0.1, 0.15) is 48.0 Å². The van der Waals surface area contributed by atoms with Crippen LogP contribution >= 0.6 is 11.6 Å². The Balaban J connectivity index is 1.38. The SMILES string of the molecule is Cc1ccccc1C(=O)NC1CC2CCCC(C1)N2CC(=O)Nc1ccccc1Cl. The first-order chi connectivity index (χ1) is 14.5. The van der Waals surface area contributed by atoms with E-state index in [-0.39, 0.29) is 17.9 Å². The fourth-order valence-corrected chi connectivity index (χ4v) is 5.05. The molecular weight excluding hydrogens is 398 g/mol. The third-order valence-corrected chi connectivity index (χ3v) is 6.65. The summed E-state index contributed by atoms with van der Waals surface area (Å²) in [5.74, 6) is -0.0384.